The van der Waals surface area contributed by atoms with Gasteiger partial charge < -0.3 is 4.74 Å². The average molecular weight is 521 g/mol. The maximum atomic E-state index is 12.5. The first-order valence-electron chi connectivity index (χ1n) is 11.4. The molecule has 34 heavy (non-hydrogen) atoms. The second-order valence-electron chi connectivity index (χ2n) is 8.32. The lowest BCUT2D eigenvalue weighted by molar-refractivity contribution is 0.0955. The molecule has 1 aliphatic heterocycles. The van der Waals surface area contributed by atoms with Crippen LogP contribution in [0.25, 0.3) is 0 Å². The van der Waals surface area contributed by atoms with Crippen LogP contribution in [0, 0.1) is 0 Å². The molecule has 1 aliphatic rings. The summed E-state index contributed by atoms with van der Waals surface area (Å²) in [5.74, 6) is 0.442. The standard InChI is InChI=1S/C27H29BrN4O2/c1-34-26-12-11-25(28)17-24(26)18-29-30-27(33)23-9-7-22(8-10-23)20-32-15-13-31(14-16-32)19-21-5-3-2-4-6-21/h2-12,17-18H,13-16,19-20H2,1H3,(H,30,33)/b29-18-. The maximum Gasteiger partial charge on any atom is 0.271 e. The Labute approximate surface area is 209 Å². The predicted octanol–water partition coefficient (Wildman–Crippen LogP) is 4.54. The highest BCUT2D eigenvalue weighted by Gasteiger charge is 2.17. The number of piperazine rings is 1. The van der Waals surface area contributed by atoms with Crippen molar-refractivity contribution >= 4 is 28.1 Å². The molecule has 0 radical (unpaired) electrons. The molecule has 0 atom stereocenters. The number of benzene rings is 3. The fourth-order valence-corrected chi connectivity index (χ4v) is 4.38. The van der Waals surface area contributed by atoms with Crippen LogP contribution in [0.1, 0.15) is 27.0 Å². The van der Waals surface area contributed by atoms with Gasteiger partial charge in [0.15, 0.2) is 0 Å². The summed E-state index contributed by atoms with van der Waals surface area (Å²) >= 11 is 3.43. The largest absolute Gasteiger partial charge is 0.496 e. The molecule has 7 heteroatoms. The minimum atomic E-state index is -0.244. The first-order valence-corrected chi connectivity index (χ1v) is 12.1. The van der Waals surface area contributed by atoms with Crippen molar-refractivity contribution in [3.8, 4) is 5.75 Å². The van der Waals surface area contributed by atoms with Crippen molar-refractivity contribution in [1.29, 1.82) is 0 Å². The van der Waals surface area contributed by atoms with Gasteiger partial charge in [-0.05, 0) is 41.5 Å². The van der Waals surface area contributed by atoms with Gasteiger partial charge >= 0.3 is 0 Å². The first kappa shape index (κ1) is 24.1. The van der Waals surface area contributed by atoms with Gasteiger partial charge in [-0.15, -0.1) is 0 Å². The van der Waals surface area contributed by atoms with Crippen LogP contribution in [0.5, 0.6) is 5.75 Å². The number of halogens is 1. The Bertz CT molecular complexity index is 1110. The van der Waals surface area contributed by atoms with E-state index in [0.717, 1.165) is 49.3 Å². The molecule has 1 fully saturated rings. The monoisotopic (exact) mass is 520 g/mol. The number of rotatable bonds is 8. The third-order valence-corrected chi connectivity index (χ3v) is 6.39. The highest BCUT2D eigenvalue weighted by molar-refractivity contribution is 9.10. The number of amides is 1. The van der Waals surface area contributed by atoms with E-state index < -0.39 is 0 Å². The molecule has 0 spiro atoms. The van der Waals surface area contributed by atoms with E-state index in [1.165, 1.54) is 11.1 Å². The number of hydrogen-bond donors (Lipinski definition) is 1. The Balaban J connectivity index is 1.25. The van der Waals surface area contributed by atoms with Crippen LogP contribution in [-0.4, -0.2) is 55.2 Å². The van der Waals surface area contributed by atoms with Crippen molar-refractivity contribution in [2.24, 2.45) is 5.10 Å². The summed E-state index contributed by atoms with van der Waals surface area (Å²) in [6.07, 6.45) is 1.58. The zero-order chi connectivity index (χ0) is 23.8. The molecule has 3 aromatic rings. The zero-order valence-electron chi connectivity index (χ0n) is 19.3. The minimum Gasteiger partial charge on any atom is -0.496 e. The fraction of sp³-hybridized carbons (Fsp3) is 0.259. The van der Waals surface area contributed by atoms with Gasteiger partial charge in [-0.25, -0.2) is 5.43 Å². The summed E-state index contributed by atoms with van der Waals surface area (Å²) < 4.78 is 6.23. The quantitative estimate of drug-likeness (QED) is 0.350. The Hall–Kier alpha value is -3.00. The molecule has 0 bridgehead atoms. The number of nitrogens with zero attached hydrogens (tertiary/aromatic N) is 3. The number of carbonyl (C=O) groups is 1. The van der Waals surface area contributed by atoms with Crippen LogP contribution >= 0.6 is 15.9 Å². The van der Waals surface area contributed by atoms with E-state index in [-0.39, 0.29) is 5.91 Å². The zero-order valence-corrected chi connectivity index (χ0v) is 20.9. The van der Waals surface area contributed by atoms with Gasteiger partial charge in [-0.2, -0.15) is 5.10 Å². The topological polar surface area (TPSA) is 57.2 Å². The molecule has 1 N–H and O–H groups in total. The smallest absolute Gasteiger partial charge is 0.271 e. The van der Waals surface area contributed by atoms with Crippen LogP contribution < -0.4 is 10.2 Å². The van der Waals surface area contributed by atoms with Crippen LogP contribution in [0.3, 0.4) is 0 Å². The van der Waals surface area contributed by atoms with Crippen molar-refractivity contribution in [3.63, 3.8) is 0 Å². The molecule has 0 aromatic heterocycles. The van der Waals surface area contributed by atoms with E-state index in [9.17, 15) is 4.79 Å². The molecular weight excluding hydrogens is 492 g/mol. The Morgan fingerprint density at radius 1 is 0.941 bits per heavy atom. The molecule has 1 heterocycles. The number of hydrazone groups is 1. The van der Waals surface area contributed by atoms with Gasteiger partial charge in [-0.3, -0.25) is 14.6 Å². The lowest BCUT2D eigenvalue weighted by atomic mass is 10.1. The lowest BCUT2D eigenvalue weighted by Crippen LogP contribution is -2.45. The highest BCUT2D eigenvalue weighted by atomic mass is 79.9. The molecule has 1 saturated heterocycles. The van der Waals surface area contributed by atoms with Gasteiger partial charge in [0.05, 0.1) is 13.3 Å². The summed E-state index contributed by atoms with van der Waals surface area (Å²) in [6.45, 7) is 6.12. The van der Waals surface area contributed by atoms with Crippen molar-refractivity contribution in [3.05, 3.63) is 99.5 Å². The summed E-state index contributed by atoms with van der Waals surface area (Å²) in [7, 11) is 1.60. The van der Waals surface area contributed by atoms with E-state index in [1.807, 2.05) is 42.5 Å². The molecule has 1 amide bonds. The summed E-state index contributed by atoms with van der Waals surface area (Å²) in [5.41, 5.74) is 6.51. The van der Waals surface area contributed by atoms with Gasteiger partial charge in [0.1, 0.15) is 5.75 Å². The van der Waals surface area contributed by atoms with E-state index in [4.69, 9.17) is 4.74 Å². The molecule has 6 nitrogen and oxygen atoms in total. The number of nitrogens with one attached hydrogen (secondary N) is 1. The van der Waals surface area contributed by atoms with Gasteiger partial charge in [0.2, 0.25) is 0 Å². The van der Waals surface area contributed by atoms with Crippen molar-refractivity contribution < 1.29 is 9.53 Å². The summed E-state index contributed by atoms with van der Waals surface area (Å²) in [5, 5.41) is 4.08. The molecule has 0 saturated carbocycles. The third-order valence-electron chi connectivity index (χ3n) is 5.90. The van der Waals surface area contributed by atoms with Crippen molar-refractivity contribution in [2.45, 2.75) is 13.1 Å². The average Bonchev–Trinajstić information content (AvgIpc) is 2.86. The van der Waals surface area contributed by atoms with Gasteiger partial charge in [0.25, 0.3) is 5.91 Å². The van der Waals surface area contributed by atoms with E-state index in [1.54, 1.807) is 13.3 Å². The number of ether oxygens (including phenoxy) is 1. The second-order valence-corrected chi connectivity index (χ2v) is 9.24. The van der Waals surface area contributed by atoms with Crippen molar-refractivity contribution in [1.82, 2.24) is 15.2 Å². The maximum absolute atomic E-state index is 12.5. The van der Waals surface area contributed by atoms with E-state index in [0.29, 0.717) is 11.3 Å². The van der Waals surface area contributed by atoms with E-state index in [2.05, 4.69) is 66.6 Å². The Morgan fingerprint density at radius 2 is 1.56 bits per heavy atom. The van der Waals surface area contributed by atoms with Crippen LogP contribution in [0.4, 0.5) is 0 Å². The first-order chi connectivity index (χ1) is 16.6. The normalized spacial score (nSPS) is 14.9. The molecular formula is C27H29BrN4O2. The lowest BCUT2D eigenvalue weighted by Gasteiger charge is -2.34. The Morgan fingerprint density at radius 3 is 2.18 bits per heavy atom. The van der Waals surface area contributed by atoms with Crippen molar-refractivity contribution in [2.75, 3.05) is 33.3 Å². The van der Waals surface area contributed by atoms with E-state index >= 15 is 0 Å². The van der Waals surface area contributed by atoms with Gasteiger partial charge in [-0.1, -0.05) is 58.4 Å². The molecule has 3 aromatic carbocycles. The molecule has 176 valence electrons. The third kappa shape index (κ3) is 6.76. The Kier molecular flexibility index (Phi) is 8.46. The number of methoxy groups -OCH3 is 1. The fourth-order valence-electron chi connectivity index (χ4n) is 4.00. The van der Waals surface area contributed by atoms with Crippen LogP contribution in [0.2, 0.25) is 0 Å². The second kappa shape index (κ2) is 11.9. The molecule has 0 aliphatic carbocycles. The number of hydrogen-bond acceptors (Lipinski definition) is 5. The molecule has 4 rings (SSSR count). The van der Waals surface area contributed by atoms with Gasteiger partial charge in [0, 0.05) is 54.9 Å². The van der Waals surface area contributed by atoms with Crippen LogP contribution in [-0.2, 0) is 13.1 Å². The summed E-state index contributed by atoms with van der Waals surface area (Å²) in [6, 6.07) is 24.0. The van der Waals surface area contributed by atoms with Crippen LogP contribution in [0.15, 0.2) is 82.4 Å². The predicted molar refractivity (Wildman–Crippen MR) is 139 cm³/mol. The highest BCUT2D eigenvalue weighted by Crippen LogP contribution is 2.21. The SMILES string of the molecule is COc1ccc(Br)cc1/C=N\NC(=O)c1ccc(CN2CCN(Cc3ccccc3)CC2)cc1. The number of carbonyl (C=O) groups excluding carboxylic acids is 1. The minimum absolute atomic E-state index is 0.244. The summed E-state index contributed by atoms with van der Waals surface area (Å²) in [4.78, 5) is 17.4. The molecule has 0 unspecified atom stereocenters.